The zero-order valence-electron chi connectivity index (χ0n) is 9.61. The van der Waals surface area contributed by atoms with Crippen LogP contribution in [0.5, 0.6) is 0 Å². The molecule has 0 aliphatic carbocycles. The van der Waals surface area contributed by atoms with E-state index >= 15 is 0 Å². The summed E-state index contributed by atoms with van der Waals surface area (Å²) in [5.74, 6) is 0. The molecule has 0 fully saturated rings. The monoisotopic (exact) mass is 225 g/mol. The van der Waals surface area contributed by atoms with Gasteiger partial charge in [-0.15, -0.1) is 0 Å². The van der Waals surface area contributed by atoms with Gasteiger partial charge in [-0.2, -0.15) is 0 Å². The fourth-order valence-corrected chi connectivity index (χ4v) is 2.08. The number of fused-ring (bicyclic) bond motifs is 1. The van der Waals surface area contributed by atoms with Crippen LogP contribution in [0.2, 0.25) is 0 Å². The van der Waals surface area contributed by atoms with Crippen molar-refractivity contribution in [3.05, 3.63) is 59.4 Å². The fraction of sp³-hybridized carbons (Fsp3) is 0.214. The second kappa shape index (κ2) is 4.55. The second-order valence-corrected chi connectivity index (χ2v) is 4.24. The van der Waals surface area contributed by atoms with Crippen molar-refractivity contribution in [1.29, 1.82) is 0 Å². The van der Waals surface area contributed by atoms with E-state index in [2.05, 4.69) is 52.0 Å². The van der Waals surface area contributed by atoms with Crippen LogP contribution in [-0.2, 0) is 13.0 Å². The Balaban J connectivity index is 1.84. The molecule has 1 aliphatic heterocycles. The van der Waals surface area contributed by atoms with Gasteiger partial charge in [0.05, 0.1) is 18.1 Å². The molecule has 2 heterocycles. The van der Waals surface area contributed by atoms with Crippen molar-refractivity contribution in [3.63, 3.8) is 0 Å². The molecule has 0 bridgehead atoms. The molecule has 17 heavy (non-hydrogen) atoms. The van der Waals surface area contributed by atoms with E-state index < -0.39 is 0 Å². The molecule has 1 aromatic carbocycles. The van der Waals surface area contributed by atoms with Crippen LogP contribution in [0.4, 0.5) is 5.69 Å². The van der Waals surface area contributed by atoms with Gasteiger partial charge in [0.15, 0.2) is 0 Å². The maximum Gasteiger partial charge on any atom is 0.0776 e. The van der Waals surface area contributed by atoms with Crippen LogP contribution in [0.15, 0.2) is 42.5 Å². The number of aromatic nitrogens is 1. The number of nitrogens with one attached hydrogen (secondary N) is 2. The van der Waals surface area contributed by atoms with E-state index in [1.807, 2.05) is 6.07 Å². The smallest absolute Gasteiger partial charge is 0.0776 e. The maximum atomic E-state index is 4.68. The summed E-state index contributed by atoms with van der Waals surface area (Å²) in [6.45, 7) is 1.68. The highest BCUT2D eigenvalue weighted by Gasteiger charge is 2.09. The van der Waals surface area contributed by atoms with Crippen LogP contribution in [0, 0.1) is 0 Å². The van der Waals surface area contributed by atoms with Crippen molar-refractivity contribution in [1.82, 2.24) is 10.3 Å². The van der Waals surface area contributed by atoms with Crippen LogP contribution >= 0.6 is 0 Å². The molecular weight excluding hydrogens is 210 g/mol. The van der Waals surface area contributed by atoms with Crippen molar-refractivity contribution in [3.8, 4) is 0 Å². The Hall–Kier alpha value is -1.87. The number of rotatable bonds is 2. The molecule has 3 heteroatoms. The van der Waals surface area contributed by atoms with Gasteiger partial charge in [0, 0.05) is 18.7 Å². The summed E-state index contributed by atoms with van der Waals surface area (Å²) in [6.07, 6.45) is 0.897. The summed E-state index contributed by atoms with van der Waals surface area (Å²) in [5.41, 5.74) is 4.70. The van der Waals surface area contributed by atoms with E-state index in [0.717, 1.165) is 36.7 Å². The Labute approximate surface area is 101 Å². The van der Waals surface area contributed by atoms with Crippen LogP contribution in [0.3, 0.4) is 0 Å². The minimum atomic E-state index is 0.826. The van der Waals surface area contributed by atoms with Crippen LogP contribution < -0.4 is 10.6 Å². The minimum absolute atomic E-state index is 0.826. The summed E-state index contributed by atoms with van der Waals surface area (Å²) in [6, 6.07) is 14.7. The highest BCUT2D eigenvalue weighted by molar-refractivity contribution is 5.50. The van der Waals surface area contributed by atoms with Crippen molar-refractivity contribution in [2.24, 2.45) is 0 Å². The molecule has 0 spiro atoms. The Morgan fingerprint density at radius 3 is 2.82 bits per heavy atom. The van der Waals surface area contributed by atoms with Gasteiger partial charge in [0.25, 0.3) is 0 Å². The topological polar surface area (TPSA) is 37.0 Å². The summed E-state index contributed by atoms with van der Waals surface area (Å²) >= 11 is 0. The first-order valence-corrected chi connectivity index (χ1v) is 5.89. The van der Waals surface area contributed by atoms with E-state index in [0.29, 0.717) is 0 Å². The minimum Gasteiger partial charge on any atom is -0.371 e. The normalized spacial score (nSPS) is 13.9. The first kappa shape index (κ1) is 10.3. The molecule has 0 amide bonds. The predicted octanol–water partition coefficient (Wildman–Crippen LogP) is 2.14. The molecule has 0 atom stereocenters. The van der Waals surface area contributed by atoms with Crippen LogP contribution in [0.25, 0.3) is 0 Å². The van der Waals surface area contributed by atoms with Gasteiger partial charge in [0.1, 0.15) is 0 Å². The SMILES string of the molecule is c1ccc(Cc2ccc3c(n2)CNCN3)cc1. The number of pyridine rings is 1. The third kappa shape index (κ3) is 2.29. The molecular formula is C14H15N3. The quantitative estimate of drug-likeness (QED) is 0.822. The molecule has 3 rings (SSSR count). The van der Waals surface area contributed by atoms with E-state index in [-0.39, 0.29) is 0 Å². The van der Waals surface area contributed by atoms with Gasteiger partial charge < -0.3 is 5.32 Å². The highest BCUT2D eigenvalue weighted by Crippen LogP contribution is 2.17. The van der Waals surface area contributed by atoms with Crippen molar-refractivity contribution < 1.29 is 0 Å². The molecule has 0 radical (unpaired) electrons. The zero-order chi connectivity index (χ0) is 11.5. The molecule has 0 saturated heterocycles. The highest BCUT2D eigenvalue weighted by atomic mass is 15.1. The van der Waals surface area contributed by atoms with Gasteiger partial charge >= 0.3 is 0 Å². The lowest BCUT2D eigenvalue weighted by atomic mass is 10.1. The number of hydrogen-bond donors (Lipinski definition) is 2. The van der Waals surface area contributed by atoms with Gasteiger partial charge in [-0.3, -0.25) is 10.3 Å². The Bertz CT molecular complexity index is 508. The molecule has 2 N–H and O–H groups in total. The molecule has 1 aliphatic rings. The zero-order valence-corrected chi connectivity index (χ0v) is 9.61. The van der Waals surface area contributed by atoms with Gasteiger partial charge in [-0.25, -0.2) is 0 Å². The Morgan fingerprint density at radius 2 is 1.94 bits per heavy atom. The largest absolute Gasteiger partial charge is 0.371 e. The van der Waals surface area contributed by atoms with E-state index in [4.69, 9.17) is 0 Å². The number of nitrogens with zero attached hydrogens (tertiary/aromatic N) is 1. The van der Waals surface area contributed by atoms with Crippen molar-refractivity contribution in [2.75, 3.05) is 12.0 Å². The summed E-state index contributed by atoms with van der Waals surface area (Å²) < 4.78 is 0. The first-order valence-electron chi connectivity index (χ1n) is 5.89. The van der Waals surface area contributed by atoms with Gasteiger partial charge in [-0.05, 0) is 17.7 Å². The average molecular weight is 225 g/mol. The standard InChI is InChI=1S/C14H15N3/c1-2-4-11(5-3-1)8-12-6-7-13-14(17-12)9-15-10-16-13/h1-7,15-16H,8-10H2. The van der Waals surface area contributed by atoms with E-state index in [9.17, 15) is 0 Å². The lowest BCUT2D eigenvalue weighted by molar-refractivity contribution is 0.687. The van der Waals surface area contributed by atoms with Crippen molar-refractivity contribution in [2.45, 2.75) is 13.0 Å². The van der Waals surface area contributed by atoms with Crippen LogP contribution in [-0.4, -0.2) is 11.7 Å². The fourth-order valence-electron chi connectivity index (χ4n) is 2.08. The van der Waals surface area contributed by atoms with Gasteiger partial charge in [0.2, 0.25) is 0 Å². The van der Waals surface area contributed by atoms with Gasteiger partial charge in [-0.1, -0.05) is 30.3 Å². The number of hydrogen-bond acceptors (Lipinski definition) is 3. The summed E-state index contributed by atoms with van der Waals surface area (Å²) in [5, 5.41) is 6.54. The van der Waals surface area contributed by atoms with E-state index in [1.54, 1.807) is 0 Å². The predicted molar refractivity (Wildman–Crippen MR) is 68.8 cm³/mol. The number of anilines is 1. The average Bonchev–Trinajstić information content (AvgIpc) is 2.40. The Morgan fingerprint density at radius 1 is 1.06 bits per heavy atom. The molecule has 86 valence electrons. The molecule has 1 aromatic heterocycles. The number of benzene rings is 1. The summed E-state index contributed by atoms with van der Waals surface area (Å²) in [4.78, 5) is 4.68. The second-order valence-electron chi connectivity index (χ2n) is 4.24. The molecule has 0 unspecified atom stereocenters. The maximum absolute atomic E-state index is 4.68. The Kier molecular flexibility index (Phi) is 2.76. The van der Waals surface area contributed by atoms with Crippen molar-refractivity contribution >= 4 is 5.69 Å². The third-order valence-corrected chi connectivity index (χ3v) is 2.96. The lowest BCUT2D eigenvalue weighted by Crippen LogP contribution is -2.28. The third-order valence-electron chi connectivity index (χ3n) is 2.96. The first-order chi connectivity index (χ1) is 8.42. The van der Waals surface area contributed by atoms with E-state index in [1.165, 1.54) is 5.56 Å². The summed E-state index contributed by atoms with van der Waals surface area (Å²) in [7, 11) is 0. The van der Waals surface area contributed by atoms with Crippen LogP contribution in [0.1, 0.15) is 17.0 Å². The lowest BCUT2D eigenvalue weighted by Gasteiger charge is -2.18. The molecule has 2 aromatic rings. The molecule has 3 nitrogen and oxygen atoms in total. The molecule has 0 saturated carbocycles.